The van der Waals surface area contributed by atoms with Crippen molar-refractivity contribution in [2.45, 2.75) is 40.7 Å². The summed E-state index contributed by atoms with van der Waals surface area (Å²) in [6.07, 6.45) is 1.63. The van der Waals surface area contributed by atoms with Gasteiger partial charge in [-0.2, -0.15) is 0 Å². The number of aryl methyl sites for hydroxylation is 1. The second-order valence-electron chi connectivity index (χ2n) is 6.95. The molecule has 0 spiro atoms. The first kappa shape index (κ1) is 18.4. The van der Waals surface area contributed by atoms with E-state index in [1.54, 1.807) is 17.7 Å². The van der Waals surface area contributed by atoms with Crippen LogP contribution in [0.2, 0.25) is 0 Å². The van der Waals surface area contributed by atoms with Crippen molar-refractivity contribution >= 4 is 33.4 Å². The fraction of sp³-hybridized carbons (Fsp3) is 0.588. The van der Waals surface area contributed by atoms with E-state index in [4.69, 9.17) is 0 Å². The zero-order valence-electron chi connectivity index (χ0n) is 14.1. The molecule has 0 saturated carbocycles. The molecule has 1 saturated heterocycles. The molecule has 24 heavy (non-hydrogen) atoms. The van der Waals surface area contributed by atoms with Crippen LogP contribution in [-0.4, -0.2) is 52.6 Å². The molecule has 2 amide bonds. The molecule has 0 radical (unpaired) electrons. The molecule has 0 aromatic carbocycles. The monoisotopic (exact) mass is 349 g/mol. The fourth-order valence-electron chi connectivity index (χ4n) is 2.70. The Balaban J connectivity index is 0.00000208. The molecule has 1 fully saturated rings. The summed E-state index contributed by atoms with van der Waals surface area (Å²) < 4.78 is 1.14. The van der Waals surface area contributed by atoms with Crippen molar-refractivity contribution in [2.24, 2.45) is 0 Å². The van der Waals surface area contributed by atoms with Gasteiger partial charge in [0.05, 0.1) is 10.2 Å². The van der Waals surface area contributed by atoms with Gasteiger partial charge in [0, 0.05) is 31.7 Å². The third-order valence-electron chi connectivity index (χ3n) is 3.86. The summed E-state index contributed by atoms with van der Waals surface area (Å²) >= 11 is 1.69. The molecule has 6 nitrogen and oxygen atoms in total. The maximum atomic E-state index is 12.2. The number of piperazine rings is 1. The van der Waals surface area contributed by atoms with Crippen molar-refractivity contribution in [1.82, 2.24) is 20.2 Å². The minimum atomic E-state index is -0.207. The van der Waals surface area contributed by atoms with Crippen molar-refractivity contribution in [3.05, 3.63) is 17.3 Å². The zero-order chi connectivity index (χ0) is 16.6. The van der Waals surface area contributed by atoms with Crippen LogP contribution in [0.25, 0.3) is 10.2 Å². The van der Waals surface area contributed by atoms with Gasteiger partial charge in [-0.05, 0) is 38.6 Å². The maximum Gasteiger partial charge on any atom is 0.317 e. The Morgan fingerprint density at radius 1 is 1.21 bits per heavy atom. The zero-order valence-corrected chi connectivity index (χ0v) is 14.9. The van der Waals surface area contributed by atoms with E-state index in [0.717, 1.165) is 29.1 Å². The quantitative estimate of drug-likeness (QED) is 0.858. The van der Waals surface area contributed by atoms with Crippen LogP contribution in [0.3, 0.4) is 0 Å². The lowest BCUT2D eigenvalue weighted by Crippen LogP contribution is -2.55. The molecular weight excluding hydrogens is 322 g/mol. The highest BCUT2D eigenvalue weighted by Gasteiger charge is 2.25. The van der Waals surface area contributed by atoms with E-state index in [9.17, 15) is 4.79 Å². The third kappa shape index (κ3) is 3.77. The Morgan fingerprint density at radius 2 is 1.88 bits per heavy atom. The third-order valence-corrected chi connectivity index (χ3v) is 4.94. The molecule has 2 aromatic rings. The number of urea groups is 1. The average Bonchev–Trinajstić information content (AvgIpc) is 2.87. The highest BCUT2D eigenvalue weighted by atomic mass is 32.1. The standard InChI is InChI=1S/C16H23N5OS.CH4/c1-11-9-23-13-12(11)17-10-18-14(13)20-5-7-21(8-6-20)15(22)19-16(2,3)4;/h9-10H,5-8H2,1-4H3,(H,19,22);1H4. The Hall–Kier alpha value is -1.89. The van der Waals surface area contributed by atoms with Crippen LogP contribution in [0.15, 0.2) is 11.7 Å². The number of hydrogen-bond acceptors (Lipinski definition) is 5. The predicted octanol–water partition coefficient (Wildman–Crippen LogP) is 3.27. The van der Waals surface area contributed by atoms with Crippen LogP contribution >= 0.6 is 11.3 Å². The van der Waals surface area contributed by atoms with Gasteiger partial charge in [0.25, 0.3) is 0 Å². The van der Waals surface area contributed by atoms with E-state index in [1.807, 2.05) is 25.7 Å². The summed E-state index contributed by atoms with van der Waals surface area (Å²) in [7, 11) is 0. The molecule has 3 rings (SSSR count). The minimum Gasteiger partial charge on any atom is -0.352 e. The number of fused-ring (bicyclic) bond motifs is 1. The lowest BCUT2D eigenvalue weighted by Gasteiger charge is -2.36. The van der Waals surface area contributed by atoms with Gasteiger partial charge < -0.3 is 15.1 Å². The summed E-state index contributed by atoms with van der Waals surface area (Å²) in [6, 6.07) is 0.0111. The first-order valence-electron chi connectivity index (χ1n) is 7.86. The van der Waals surface area contributed by atoms with E-state index in [1.165, 1.54) is 5.56 Å². The molecule has 0 bridgehead atoms. The largest absolute Gasteiger partial charge is 0.352 e. The van der Waals surface area contributed by atoms with E-state index >= 15 is 0 Å². The SMILES string of the molecule is C.Cc1csc2c(N3CCN(C(=O)NC(C)(C)C)CC3)ncnc12. The Labute approximate surface area is 147 Å². The lowest BCUT2D eigenvalue weighted by atomic mass is 10.1. The first-order chi connectivity index (χ1) is 10.8. The highest BCUT2D eigenvalue weighted by Crippen LogP contribution is 2.31. The summed E-state index contributed by atoms with van der Waals surface area (Å²) in [5.74, 6) is 0.990. The van der Waals surface area contributed by atoms with Crippen molar-refractivity contribution in [3.8, 4) is 0 Å². The number of anilines is 1. The van der Waals surface area contributed by atoms with Gasteiger partial charge in [-0.3, -0.25) is 0 Å². The van der Waals surface area contributed by atoms with Gasteiger partial charge >= 0.3 is 6.03 Å². The summed E-state index contributed by atoms with van der Waals surface area (Å²) in [5, 5.41) is 5.14. The molecule has 0 unspecified atom stereocenters. The molecule has 1 N–H and O–H groups in total. The van der Waals surface area contributed by atoms with Gasteiger partial charge in [-0.1, -0.05) is 7.43 Å². The Bertz CT molecular complexity index is 713. The van der Waals surface area contributed by atoms with E-state index in [0.29, 0.717) is 13.1 Å². The summed E-state index contributed by atoms with van der Waals surface area (Å²) in [4.78, 5) is 25.2. The van der Waals surface area contributed by atoms with Crippen LogP contribution in [0, 0.1) is 6.92 Å². The van der Waals surface area contributed by atoms with Crippen LogP contribution in [0.5, 0.6) is 0 Å². The number of carbonyl (C=O) groups excluding carboxylic acids is 1. The smallest absolute Gasteiger partial charge is 0.317 e. The van der Waals surface area contributed by atoms with E-state index < -0.39 is 0 Å². The molecule has 3 heterocycles. The second-order valence-corrected chi connectivity index (χ2v) is 7.83. The predicted molar refractivity (Wildman–Crippen MR) is 101 cm³/mol. The molecule has 2 aromatic heterocycles. The Morgan fingerprint density at radius 3 is 2.50 bits per heavy atom. The molecular formula is C17H27N5OS. The summed E-state index contributed by atoms with van der Waals surface area (Å²) in [6.45, 7) is 11.1. The van der Waals surface area contributed by atoms with Gasteiger partial charge in [0.15, 0.2) is 0 Å². The number of aromatic nitrogens is 2. The van der Waals surface area contributed by atoms with Gasteiger partial charge in [0.2, 0.25) is 0 Å². The Kier molecular flexibility index (Phi) is 5.32. The van der Waals surface area contributed by atoms with Crippen LogP contribution < -0.4 is 10.2 Å². The second kappa shape index (κ2) is 6.93. The van der Waals surface area contributed by atoms with Crippen LogP contribution in [0.4, 0.5) is 10.6 Å². The normalized spacial score (nSPS) is 15.3. The topological polar surface area (TPSA) is 61.4 Å². The van der Waals surface area contributed by atoms with Gasteiger partial charge in [-0.15, -0.1) is 11.3 Å². The number of nitrogens with zero attached hydrogens (tertiary/aromatic N) is 4. The van der Waals surface area contributed by atoms with Gasteiger partial charge in [0.1, 0.15) is 12.1 Å². The number of amides is 2. The van der Waals surface area contributed by atoms with Crippen molar-refractivity contribution < 1.29 is 4.79 Å². The van der Waals surface area contributed by atoms with E-state index in [-0.39, 0.29) is 19.0 Å². The highest BCUT2D eigenvalue weighted by molar-refractivity contribution is 7.18. The number of rotatable bonds is 1. The van der Waals surface area contributed by atoms with Crippen molar-refractivity contribution in [1.29, 1.82) is 0 Å². The van der Waals surface area contributed by atoms with Crippen LogP contribution in [-0.2, 0) is 0 Å². The number of nitrogens with one attached hydrogen (secondary N) is 1. The lowest BCUT2D eigenvalue weighted by molar-refractivity contribution is 0.185. The van der Waals surface area contributed by atoms with Crippen LogP contribution in [0.1, 0.15) is 33.8 Å². The van der Waals surface area contributed by atoms with Crippen molar-refractivity contribution in [2.75, 3.05) is 31.1 Å². The molecule has 132 valence electrons. The molecule has 0 atom stereocenters. The number of thiophene rings is 1. The fourth-order valence-corrected chi connectivity index (χ4v) is 3.72. The van der Waals surface area contributed by atoms with Crippen molar-refractivity contribution in [3.63, 3.8) is 0 Å². The molecule has 7 heteroatoms. The average molecular weight is 350 g/mol. The molecule has 0 aliphatic carbocycles. The first-order valence-corrected chi connectivity index (χ1v) is 8.74. The number of hydrogen-bond donors (Lipinski definition) is 1. The summed E-state index contributed by atoms with van der Waals surface area (Å²) in [5.41, 5.74) is 2.02. The minimum absolute atomic E-state index is 0. The maximum absolute atomic E-state index is 12.2. The molecule has 1 aliphatic heterocycles. The molecule has 1 aliphatic rings. The van der Waals surface area contributed by atoms with Gasteiger partial charge in [-0.25, -0.2) is 14.8 Å². The van der Waals surface area contributed by atoms with E-state index in [2.05, 4.69) is 32.5 Å². The number of carbonyl (C=O) groups is 1.